The molecule has 1 heterocycles. The maximum atomic E-state index is 13.2. The van der Waals surface area contributed by atoms with Crippen LogP contribution in [0.2, 0.25) is 5.02 Å². The first-order valence-corrected chi connectivity index (χ1v) is 8.47. The van der Waals surface area contributed by atoms with E-state index in [0.29, 0.717) is 21.7 Å². The van der Waals surface area contributed by atoms with Crippen LogP contribution in [-0.2, 0) is 0 Å². The summed E-state index contributed by atoms with van der Waals surface area (Å²) >= 11 is 6.01. The second-order valence-corrected chi connectivity index (χ2v) is 6.23. The number of fused-ring (bicyclic) bond motifs is 1. The first-order valence-electron chi connectivity index (χ1n) is 8.09. The molecule has 0 bridgehead atoms. The van der Waals surface area contributed by atoms with Crippen molar-refractivity contribution < 1.29 is 4.74 Å². The van der Waals surface area contributed by atoms with E-state index in [1.807, 2.05) is 54.6 Å². The van der Waals surface area contributed by atoms with Crippen molar-refractivity contribution >= 4 is 22.5 Å². The van der Waals surface area contributed by atoms with Gasteiger partial charge in [0.25, 0.3) is 5.56 Å². The van der Waals surface area contributed by atoms with Gasteiger partial charge in [-0.05, 0) is 60.7 Å². The topological polar surface area (TPSA) is 44.1 Å². The number of benzene rings is 3. The zero-order valence-corrected chi connectivity index (χ0v) is 14.8. The molecule has 0 fully saturated rings. The average molecular weight is 363 g/mol. The zero-order valence-electron chi connectivity index (χ0n) is 14.0. The highest BCUT2D eigenvalue weighted by Crippen LogP contribution is 2.24. The molecule has 0 spiro atoms. The fraction of sp³-hybridized carbons (Fsp3) is 0.0476. The van der Waals surface area contributed by atoms with Crippen LogP contribution in [0.5, 0.6) is 5.75 Å². The fourth-order valence-electron chi connectivity index (χ4n) is 2.90. The van der Waals surface area contributed by atoms with Crippen molar-refractivity contribution in [2.24, 2.45) is 0 Å². The number of aromatic nitrogens is 2. The molecule has 0 N–H and O–H groups in total. The van der Waals surface area contributed by atoms with Crippen LogP contribution >= 0.6 is 11.6 Å². The van der Waals surface area contributed by atoms with Gasteiger partial charge in [-0.15, -0.1) is 0 Å². The third-order valence-corrected chi connectivity index (χ3v) is 4.46. The number of hydrogen-bond donors (Lipinski definition) is 0. The van der Waals surface area contributed by atoms with Gasteiger partial charge < -0.3 is 4.74 Å². The van der Waals surface area contributed by atoms with E-state index < -0.39 is 0 Å². The molecule has 0 aliphatic rings. The van der Waals surface area contributed by atoms with E-state index in [4.69, 9.17) is 21.3 Å². The molecule has 5 heteroatoms. The SMILES string of the molecule is COc1ccc(-n2c(-c3ccc(Cl)cc3)nc3ccccc3c2=O)cc1. The lowest BCUT2D eigenvalue weighted by Crippen LogP contribution is -2.21. The molecule has 0 saturated carbocycles. The van der Waals surface area contributed by atoms with Crippen LogP contribution in [-0.4, -0.2) is 16.7 Å². The minimum Gasteiger partial charge on any atom is -0.497 e. The quantitative estimate of drug-likeness (QED) is 0.530. The number of halogens is 1. The number of nitrogens with zero attached hydrogens (tertiary/aromatic N) is 2. The van der Waals surface area contributed by atoms with Crippen molar-refractivity contribution in [3.63, 3.8) is 0 Å². The minimum absolute atomic E-state index is 0.120. The van der Waals surface area contributed by atoms with Gasteiger partial charge in [0, 0.05) is 10.6 Å². The van der Waals surface area contributed by atoms with E-state index in [1.54, 1.807) is 29.9 Å². The van der Waals surface area contributed by atoms with Gasteiger partial charge in [-0.1, -0.05) is 23.7 Å². The predicted molar refractivity (Wildman–Crippen MR) is 104 cm³/mol. The molecular weight excluding hydrogens is 348 g/mol. The molecule has 4 nitrogen and oxygen atoms in total. The molecule has 26 heavy (non-hydrogen) atoms. The van der Waals surface area contributed by atoms with Gasteiger partial charge in [-0.3, -0.25) is 9.36 Å². The Morgan fingerprint density at radius 1 is 0.923 bits per heavy atom. The number of ether oxygens (including phenoxy) is 1. The number of para-hydroxylation sites is 1. The normalized spacial score (nSPS) is 10.8. The summed E-state index contributed by atoms with van der Waals surface area (Å²) in [5.74, 6) is 1.29. The average Bonchev–Trinajstić information content (AvgIpc) is 2.69. The van der Waals surface area contributed by atoms with Crippen molar-refractivity contribution in [1.82, 2.24) is 9.55 Å². The Balaban J connectivity index is 2.04. The Morgan fingerprint density at radius 3 is 2.31 bits per heavy atom. The standard InChI is InChI=1S/C21H15ClN2O2/c1-26-17-12-10-16(11-13-17)24-20(14-6-8-15(22)9-7-14)23-19-5-3-2-4-18(19)21(24)25/h2-13H,1H3. The van der Waals surface area contributed by atoms with Crippen LogP contribution in [0.1, 0.15) is 0 Å². The molecule has 0 aliphatic carbocycles. The first kappa shape index (κ1) is 16.4. The molecule has 0 radical (unpaired) electrons. The van der Waals surface area contributed by atoms with Gasteiger partial charge in [0.05, 0.1) is 23.7 Å². The van der Waals surface area contributed by atoms with Gasteiger partial charge in [0.15, 0.2) is 0 Å². The van der Waals surface area contributed by atoms with E-state index in [2.05, 4.69) is 0 Å². The Kier molecular flexibility index (Phi) is 4.19. The van der Waals surface area contributed by atoms with E-state index >= 15 is 0 Å². The monoisotopic (exact) mass is 362 g/mol. The summed E-state index contributed by atoms with van der Waals surface area (Å²) in [5, 5.41) is 1.20. The predicted octanol–water partition coefficient (Wildman–Crippen LogP) is 4.71. The van der Waals surface area contributed by atoms with Gasteiger partial charge in [-0.25, -0.2) is 4.98 Å². The molecule has 4 rings (SSSR count). The number of hydrogen-bond acceptors (Lipinski definition) is 3. The first-order chi connectivity index (χ1) is 12.7. The minimum atomic E-state index is -0.120. The summed E-state index contributed by atoms with van der Waals surface area (Å²) in [4.78, 5) is 18.0. The van der Waals surface area contributed by atoms with E-state index in [0.717, 1.165) is 17.0 Å². The Hall–Kier alpha value is -3.11. The summed E-state index contributed by atoms with van der Waals surface area (Å²) in [7, 11) is 1.61. The molecule has 0 saturated heterocycles. The largest absolute Gasteiger partial charge is 0.497 e. The van der Waals surface area contributed by atoms with Crippen LogP contribution < -0.4 is 10.3 Å². The molecule has 0 unspecified atom stereocenters. The lowest BCUT2D eigenvalue weighted by Gasteiger charge is -2.14. The van der Waals surface area contributed by atoms with Crippen molar-refractivity contribution in [2.75, 3.05) is 7.11 Å². The molecule has 1 aromatic heterocycles. The van der Waals surface area contributed by atoms with E-state index in [1.165, 1.54) is 0 Å². The highest BCUT2D eigenvalue weighted by molar-refractivity contribution is 6.30. The maximum Gasteiger partial charge on any atom is 0.266 e. The molecule has 3 aromatic carbocycles. The van der Waals surface area contributed by atoms with Gasteiger partial charge >= 0.3 is 0 Å². The van der Waals surface area contributed by atoms with Crippen LogP contribution in [0.25, 0.3) is 28.0 Å². The van der Waals surface area contributed by atoms with Crippen molar-refractivity contribution in [3.8, 4) is 22.8 Å². The van der Waals surface area contributed by atoms with Gasteiger partial charge in [-0.2, -0.15) is 0 Å². The third kappa shape index (κ3) is 2.85. The van der Waals surface area contributed by atoms with E-state index in [9.17, 15) is 4.79 Å². The molecule has 0 aliphatic heterocycles. The Labute approximate surface area is 155 Å². The molecule has 128 valence electrons. The van der Waals surface area contributed by atoms with Crippen molar-refractivity contribution in [2.45, 2.75) is 0 Å². The summed E-state index contributed by atoms with van der Waals surface area (Å²) in [6.07, 6.45) is 0. The Morgan fingerprint density at radius 2 is 1.62 bits per heavy atom. The number of methoxy groups -OCH3 is 1. The second kappa shape index (κ2) is 6.65. The fourth-order valence-corrected chi connectivity index (χ4v) is 3.02. The molecule has 4 aromatic rings. The highest BCUT2D eigenvalue weighted by Gasteiger charge is 2.14. The van der Waals surface area contributed by atoms with Crippen LogP contribution in [0, 0.1) is 0 Å². The summed E-state index contributed by atoms with van der Waals surface area (Å²) in [6.45, 7) is 0. The molecule has 0 amide bonds. The smallest absolute Gasteiger partial charge is 0.266 e. The van der Waals surface area contributed by atoms with Crippen LogP contribution in [0.4, 0.5) is 0 Å². The van der Waals surface area contributed by atoms with Crippen molar-refractivity contribution in [3.05, 3.63) is 88.2 Å². The summed E-state index contributed by atoms with van der Waals surface area (Å²) in [6, 6.07) is 22.0. The van der Waals surface area contributed by atoms with Gasteiger partial charge in [0.1, 0.15) is 11.6 Å². The second-order valence-electron chi connectivity index (χ2n) is 5.80. The maximum absolute atomic E-state index is 13.2. The zero-order chi connectivity index (χ0) is 18.1. The highest BCUT2D eigenvalue weighted by atomic mass is 35.5. The lowest BCUT2D eigenvalue weighted by atomic mass is 10.1. The summed E-state index contributed by atoms with van der Waals surface area (Å²) in [5.41, 5.74) is 2.07. The van der Waals surface area contributed by atoms with Crippen molar-refractivity contribution in [1.29, 1.82) is 0 Å². The van der Waals surface area contributed by atoms with E-state index in [-0.39, 0.29) is 5.56 Å². The van der Waals surface area contributed by atoms with Crippen LogP contribution in [0.3, 0.4) is 0 Å². The number of rotatable bonds is 3. The molecule has 0 atom stereocenters. The third-order valence-electron chi connectivity index (χ3n) is 4.21. The van der Waals surface area contributed by atoms with Gasteiger partial charge in [0.2, 0.25) is 0 Å². The van der Waals surface area contributed by atoms with Crippen LogP contribution in [0.15, 0.2) is 77.6 Å². The molecular formula is C21H15ClN2O2. The lowest BCUT2D eigenvalue weighted by molar-refractivity contribution is 0.414. The summed E-state index contributed by atoms with van der Waals surface area (Å²) < 4.78 is 6.83. The Bertz CT molecular complexity index is 1130.